The molecule has 0 saturated heterocycles. The van der Waals surface area contributed by atoms with Crippen molar-refractivity contribution in [1.29, 1.82) is 0 Å². The fraction of sp³-hybridized carbons (Fsp3) is 0.167. The summed E-state index contributed by atoms with van der Waals surface area (Å²) in [5.74, 6) is 3.18. The Morgan fingerprint density at radius 1 is 0.469 bits per heavy atom. The molecule has 0 radical (unpaired) electrons. The van der Waals surface area contributed by atoms with Crippen LogP contribution in [0.3, 0.4) is 0 Å². The zero-order chi connectivity index (χ0) is 32.5. The molecule has 0 spiro atoms. The third kappa shape index (κ3) is 6.58. The lowest BCUT2D eigenvalue weighted by atomic mass is 9.96. The molecule has 0 aliphatic rings. The molecule has 2 heterocycles. The van der Waals surface area contributed by atoms with Crippen molar-refractivity contribution in [1.82, 2.24) is 0 Å². The molecule has 13 nitrogen and oxygen atoms in total. The molecule has 49 heavy (non-hydrogen) atoms. The quantitative estimate of drug-likeness (QED) is 0.210. The fourth-order valence-electron chi connectivity index (χ4n) is 5.46. The molecule has 0 fully saturated rings. The van der Waals surface area contributed by atoms with Gasteiger partial charge >= 0.3 is 0 Å². The molecule has 0 atom stereocenters. The summed E-state index contributed by atoms with van der Waals surface area (Å²) >= 11 is 0. The van der Waals surface area contributed by atoms with E-state index in [2.05, 4.69) is 0 Å². The highest BCUT2D eigenvalue weighted by atomic mass is 16.5. The van der Waals surface area contributed by atoms with E-state index in [1.165, 1.54) is 47.7 Å². The first-order valence-electron chi connectivity index (χ1n) is 14.1. The maximum absolute atomic E-state index is 13.7. The third-order valence-electron chi connectivity index (χ3n) is 7.72. The number of ether oxygens (including phenoxy) is 6. The van der Waals surface area contributed by atoms with Gasteiger partial charge in [0.2, 0.25) is 0 Å². The van der Waals surface area contributed by atoms with Crippen LogP contribution in [0.4, 0.5) is 0 Å². The van der Waals surface area contributed by atoms with E-state index < -0.39 is 0 Å². The predicted octanol–water partition coefficient (Wildman–Crippen LogP) is 4.48. The van der Waals surface area contributed by atoms with Gasteiger partial charge in [0.25, 0.3) is 0 Å². The lowest BCUT2D eigenvalue weighted by molar-refractivity contribution is 0.396. The maximum atomic E-state index is 13.7. The second kappa shape index (κ2) is 15.3. The standard InChI is InChI=1S/C36H30O10.3H2O/c1-39-21-10-7-19(8-11-21)27-17-25(38)35-31(44-6)18-30(43-5)33(36(35)46-27)23-13-20(9-12-26(23)41-3)28-16-24(37)34-29(42-4)14-22(40-2)15-32(34)45-28;;;/h7-18H,1-6H3;3*1H2. The van der Waals surface area contributed by atoms with Crippen LogP contribution in [-0.2, 0) is 0 Å². The zero-order valence-electron chi connectivity index (χ0n) is 27.5. The summed E-state index contributed by atoms with van der Waals surface area (Å²) in [7, 11) is 9.08. The fourth-order valence-corrected chi connectivity index (χ4v) is 5.46. The molecule has 2 aromatic heterocycles. The highest BCUT2D eigenvalue weighted by molar-refractivity contribution is 6.01. The number of methoxy groups -OCH3 is 6. The van der Waals surface area contributed by atoms with Crippen LogP contribution in [0.2, 0.25) is 0 Å². The van der Waals surface area contributed by atoms with Gasteiger partial charge in [0, 0.05) is 47.0 Å². The Kier molecular flexibility index (Phi) is 11.7. The summed E-state index contributed by atoms with van der Waals surface area (Å²) in [6.45, 7) is 0. The minimum Gasteiger partial charge on any atom is -0.497 e. The number of benzene rings is 4. The third-order valence-corrected chi connectivity index (χ3v) is 7.72. The lowest BCUT2D eigenvalue weighted by Gasteiger charge is -2.18. The SMILES string of the molecule is COc1ccc(-c2cc(=O)c3c(OC)cc(OC)c(-c4cc(-c5cc(=O)c6c(OC)cc(OC)cc6o5)ccc4OC)c3o2)cc1.O.O.O. The average Bonchev–Trinajstić information content (AvgIpc) is 3.09. The Labute approximate surface area is 279 Å². The van der Waals surface area contributed by atoms with E-state index in [0.717, 1.165) is 0 Å². The van der Waals surface area contributed by atoms with E-state index in [0.29, 0.717) is 62.3 Å². The van der Waals surface area contributed by atoms with Crippen molar-refractivity contribution in [2.24, 2.45) is 0 Å². The maximum Gasteiger partial charge on any atom is 0.197 e. The van der Waals surface area contributed by atoms with Gasteiger partial charge in [0.05, 0.1) is 48.2 Å². The minimum absolute atomic E-state index is 0. The average molecular weight is 677 g/mol. The smallest absolute Gasteiger partial charge is 0.197 e. The first-order valence-corrected chi connectivity index (χ1v) is 14.1. The summed E-state index contributed by atoms with van der Waals surface area (Å²) in [6, 6.07) is 20.1. The van der Waals surface area contributed by atoms with Crippen LogP contribution in [0.15, 0.2) is 91.2 Å². The zero-order valence-corrected chi connectivity index (χ0v) is 27.5. The minimum atomic E-state index is -0.314. The van der Waals surface area contributed by atoms with E-state index in [9.17, 15) is 9.59 Å². The van der Waals surface area contributed by atoms with Gasteiger partial charge in [-0.2, -0.15) is 0 Å². The van der Waals surface area contributed by atoms with E-state index in [4.69, 9.17) is 37.3 Å². The van der Waals surface area contributed by atoms with E-state index in [-0.39, 0.29) is 55.2 Å². The highest BCUT2D eigenvalue weighted by Gasteiger charge is 2.24. The lowest BCUT2D eigenvalue weighted by Crippen LogP contribution is -2.05. The summed E-state index contributed by atoms with van der Waals surface area (Å²) in [6.07, 6.45) is 0. The second-order valence-corrected chi connectivity index (χ2v) is 10.2. The molecule has 4 aromatic carbocycles. The van der Waals surface area contributed by atoms with E-state index in [1.54, 1.807) is 67.8 Å². The summed E-state index contributed by atoms with van der Waals surface area (Å²) in [4.78, 5) is 27.0. The van der Waals surface area contributed by atoms with Crippen LogP contribution < -0.4 is 39.3 Å². The Hall–Kier alpha value is -6.02. The monoisotopic (exact) mass is 676 g/mol. The van der Waals surface area contributed by atoms with Gasteiger partial charge in [-0.3, -0.25) is 9.59 Å². The van der Waals surface area contributed by atoms with Crippen molar-refractivity contribution in [2.75, 3.05) is 42.7 Å². The molecule has 13 heteroatoms. The molecule has 258 valence electrons. The molecule has 6 N–H and O–H groups in total. The number of fused-ring (bicyclic) bond motifs is 2. The van der Waals surface area contributed by atoms with Crippen LogP contribution >= 0.6 is 0 Å². The topological polar surface area (TPSA) is 210 Å². The van der Waals surface area contributed by atoms with Gasteiger partial charge in [-0.25, -0.2) is 0 Å². The largest absolute Gasteiger partial charge is 0.497 e. The van der Waals surface area contributed by atoms with Crippen molar-refractivity contribution >= 4 is 21.9 Å². The van der Waals surface area contributed by atoms with Gasteiger partial charge in [0.15, 0.2) is 16.4 Å². The molecule has 6 rings (SSSR count). The first kappa shape index (κ1) is 37.4. The summed E-state index contributed by atoms with van der Waals surface area (Å²) < 4.78 is 46.0. The van der Waals surface area contributed by atoms with Crippen LogP contribution in [0.25, 0.3) is 55.7 Å². The molecule has 0 saturated carbocycles. The van der Waals surface area contributed by atoms with Gasteiger partial charge in [0.1, 0.15) is 62.4 Å². The van der Waals surface area contributed by atoms with E-state index in [1.807, 2.05) is 0 Å². The number of rotatable bonds is 9. The van der Waals surface area contributed by atoms with Gasteiger partial charge in [-0.15, -0.1) is 0 Å². The van der Waals surface area contributed by atoms with Crippen molar-refractivity contribution in [3.63, 3.8) is 0 Å². The molecule has 0 unspecified atom stereocenters. The Balaban J connectivity index is 0.00000217. The van der Waals surface area contributed by atoms with Crippen LogP contribution in [0.1, 0.15) is 0 Å². The molecule has 0 amide bonds. The predicted molar refractivity (Wildman–Crippen MR) is 185 cm³/mol. The molecular formula is C36H36O13. The normalized spacial score (nSPS) is 10.3. The number of hydrogen-bond acceptors (Lipinski definition) is 10. The molecule has 0 bridgehead atoms. The second-order valence-electron chi connectivity index (χ2n) is 10.2. The molecule has 0 aliphatic carbocycles. The molecular weight excluding hydrogens is 640 g/mol. The summed E-state index contributed by atoms with van der Waals surface area (Å²) in [5, 5.41) is 0.510. The summed E-state index contributed by atoms with van der Waals surface area (Å²) in [5.41, 5.74) is 2.08. The Bertz CT molecular complexity index is 2220. The Morgan fingerprint density at radius 3 is 1.61 bits per heavy atom. The van der Waals surface area contributed by atoms with Crippen LogP contribution in [0, 0.1) is 0 Å². The van der Waals surface area contributed by atoms with E-state index >= 15 is 0 Å². The molecule has 6 aromatic rings. The molecule has 0 aliphatic heterocycles. The van der Waals surface area contributed by atoms with Crippen molar-refractivity contribution in [3.8, 4) is 68.3 Å². The number of hydrogen-bond donors (Lipinski definition) is 0. The van der Waals surface area contributed by atoms with Crippen molar-refractivity contribution < 1.29 is 53.7 Å². The van der Waals surface area contributed by atoms with Crippen molar-refractivity contribution in [2.45, 2.75) is 0 Å². The van der Waals surface area contributed by atoms with Crippen LogP contribution in [-0.4, -0.2) is 59.1 Å². The Morgan fingerprint density at radius 2 is 1.02 bits per heavy atom. The van der Waals surface area contributed by atoms with Crippen LogP contribution in [0.5, 0.6) is 34.5 Å². The van der Waals surface area contributed by atoms with Gasteiger partial charge in [-0.05, 0) is 42.5 Å². The first-order chi connectivity index (χ1) is 22.3. The van der Waals surface area contributed by atoms with Crippen molar-refractivity contribution in [3.05, 3.63) is 93.2 Å². The highest BCUT2D eigenvalue weighted by Crippen LogP contribution is 2.46. The van der Waals surface area contributed by atoms with Gasteiger partial charge in [-0.1, -0.05) is 0 Å². The van der Waals surface area contributed by atoms with Gasteiger partial charge < -0.3 is 53.7 Å².